The van der Waals surface area contributed by atoms with Crippen molar-refractivity contribution in [3.05, 3.63) is 133 Å². The smallest absolute Gasteiger partial charge is 0.00987 e. The normalized spacial score (nSPS) is 12.2. The van der Waals surface area contributed by atoms with Gasteiger partial charge in [0.2, 0.25) is 0 Å². The van der Waals surface area contributed by atoms with Crippen LogP contribution in [0.3, 0.4) is 0 Å². The summed E-state index contributed by atoms with van der Waals surface area (Å²) >= 11 is 0. The summed E-state index contributed by atoms with van der Waals surface area (Å²) in [5.41, 5.74) is 0. The molecule has 0 atom stereocenters. The highest BCUT2D eigenvalue weighted by Gasteiger charge is 2.11. The van der Waals surface area contributed by atoms with E-state index in [1.165, 1.54) is 86.2 Å². The number of hydrogen-bond donors (Lipinski definition) is 0. The lowest BCUT2D eigenvalue weighted by atomic mass is 9.90. The molecule has 0 fully saturated rings. The van der Waals surface area contributed by atoms with Crippen LogP contribution in [0.15, 0.2) is 133 Å². The quantitative estimate of drug-likeness (QED) is 0.150. The van der Waals surface area contributed by atoms with Gasteiger partial charge in [0.05, 0.1) is 0 Å². The summed E-state index contributed by atoms with van der Waals surface area (Å²) in [7, 11) is 0. The Balaban J connectivity index is 1.35. The van der Waals surface area contributed by atoms with Gasteiger partial charge < -0.3 is 0 Å². The molecule has 0 bridgehead atoms. The van der Waals surface area contributed by atoms with Crippen LogP contribution < -0.4 is 0 Å². The molecule has 0 aliphatic carbocycles. The standard InChI is InChI=1S/C38H22/c1-3-7-25-21-37-27(19-23(25)5-1)9-11-29-31-13-14-32-30-12-10-28-20-24-6-2-4-8-26(24)22-38(28)36(30)18-16-34(32)33(31)15-17-35(29)37/h1-22H. The topological polar surface area (TPSA) is 0 Å². The molecule has 0 unspecified atom stereocenters. The Morgan fingerprint density at radius 1 is 0.184 bits per heavy atom. The summed E-state index contributed by atoms with van der Waals surface area (Å²) in [6.45, 7) is 0. The number of fused-ring (bicyclic) bond motifs is 13. The van der Waals surface area contributed by atoms with Crippen molar-refractivity contribution in [2.45, 2.75) is 0 Å². The van der Waals surface area contributed by atoms with E-state index in [0.717, 1.165) is 0 Å². The summed E-state index contributed by atoms with van der Waals surface area (Å²) in [6.07, 6.45) is 0. The molecule has 0 heteroatoms. The minimum absolute atomic E-state index is 1.29. The van der Waals surface area contributed by atoms with Crippen LogP contribution in [0.5, 0.6) is 0 Å². The van der Waals surface area contributed by atoms with E-state index in [1.54, 1.807) is 0 Å². The molecular weight excluding hydrogens is 456 g/mol. The van der Waals surface area contributed by atoms with Crippen LogP contribution in [-0.2, 0) is 0 Å². The maximum absolute atomic E-state index is 2.35. The molecule has 0 saturated heterocycles. The molecule has 38 heavy (non-hydrogen) atoms. The fourth-order valence-corrected chi connectivity index (χ4v) is 6.70. The molecule has 0 spiro atoms. The van der Waals surface area contributed by atoms with E-state index in [4.69, 9.17) is 0 Å². The predicted molar refractivity (Wildman–Crippen MR) is 166 cm³/mol. The van der Waals surface area contributed by atoms with E-state index in [9.17, 15) is 0 Å². The molecule has 0 aliphatic rings. The highest BCUT2D eigenvalue weighted by Crippen LogP contribution is 2.39. The van der Waals surface area contributed by atoms with Crippen molar-refractivity contribution in [2.75, 3.05) is 0 Å². The summed E-state index contributed by atoms with van der Waals surface area (Å²) in [5, 5.41) is 20.9. The summed E-state index contributed by atoms with van der Waals surface area (Å²) in [5.74, 6) is 0. The third-order valence-electron chi connectivity index (χ3n) is 8.56. The van der Waals surface area contributed by atoms with Crippen LogP contribution in [0, 0.1) is 0 Å². The molecule has 0 amide bonds. The molecule has 9 aromatic carbocycles. The van der Waals surface area contributed by atoms with Gasteiger partial charge in [-0.05, 0) is 110 Å². The van der Waals surface area contributed by atoms with E-state index >= 15 is 0 Å². The van der Waals surface area contributed by atoms with E-state index in [0.29, 0.717) is 0 Å². The number of benzene rings is 9. The monoisotopic (exact) mass is 478 g/mol. The fraction of sp³-hybridized carbons (Fsp3) is 0. The Kier molecular flexibility index (Phi) is 3.88. The Hall–Kier alpha value is -4.94. The van der Waals surface area contributed by atoms with Crippen LogP contribution in [0.2, 0.25) is 0 Å². The third kappa shape index (κ3) is 2.69. The van der Waals surface area contributed by atoms with Gasteiger partial charge >= 0.3 is 0 Å². The second kappa shape index (κ2) is 7.31. The highest BCUT2D eigenvalue weighted by atomic mass is 14.1. The minimum Gasteiger partial charge on any atom is -0.0616 e. The van der Waals surface area contributed by atoms with Gasteiger partial charge in [-0.15, -0.1) is 0 Å². The Labute approximate surface area is 219 Å². The van der Waals surface area contributed by atoms with Crippen molar-refractivity contribution in [1.82, 2.24) is 0 Å². The van der Waals surface area contributed by atoms with Crippen LogP contribution in [0.4, 0.5) is 0 Å². The van der Waals surface area contributed by atoms with Gasteiger partial charge in [-0.1, -0.05) is 109 Å². The van der Waals surface area contributed by atoms with E-state index in [2.05, 4.69) is 133 Å². The zero-order valence-electron chi connectivity index (χ0n) is 20.7. The lowest BCUT2D eigenvalue weighted by molar-refractivity contribution is 1.78. The number of hydrogen-bond acceptors (Lipinski definition) is 0. The van der Waals surface area contributed by atoms with Gasteiger partial charge in [-0.3, -0.25) is 0 Å². The van der Waals surface area contributed by atoms with E-state index in [1.807, 2.05) is 0 Å². The lowest BCUT2D eigenvalue weighted by Crippen LogP contribution is -1.85. The van der Waals surface area contributed by atoms with Crippen molar-refractivity contribution >= 4 is 86.2 Å². The maximum atomic E-state index is 2.35. The molecular formula is C38H22. The molecule has 0 nitrogen and oxygen atoms in total. The summed E-state index contributed by atoms with van der Waals surface area (Å²) in [6, 6.07) is 49.7. The second-order valence-electron chi connectivity index (χ2n) is 10.5. The predicted octanol–water partition coefficient (Wildman–Crippen LogP) is 10.9. The van der Waals surface area contributed by atoms with Gasteiger partial charge in [0, 0.05) is 0 Å². The first-order chi connectivity index (χ1) is 18.8. The first-order valence-electron chi connectivity index (χ1n) is 13.3. The van der Waals surface area contributed by atoms with Crippen molar-refractivity contribution in [3.63, 3.8) is 0 Å². The van der Waals surface area contributed by atoms with E-state index in [-0.39, 0.29) is 0 Å². The Morgan fingerprint density at radius 2 is 0.447 bits per heavy atom. The SMILES string of the molecule is c1ccc2cc3c(ccc4c3ccc3c4ccc4c5ccc6cc7ccccc7cc6c5ccc43)cc2c1. The molecule has 9 rings (SSSR count). The van der Waals surface area contributed by atoms with Gasteiger partial charge in [0.25, 0.3) is 0 Å². The fourth-order valence-electron chi connectivity index (χ4n) is 6.70. The zero-order chi connectivity index (χ0) is 24.8. The molecule has 174 valence electrons. The zero-order valence-corrected chi connectivity index (χ0v) is 20.7. The van der Waals surface area contributed by atoms with Gasteiger partial charge in [0.1, 0.15) is 0 Å². The molecule has 0 N–H and O–H groups in total. The first kappa shape index (κ1) is 20.2. The molecule has 9 aromatic rings. The van der Waals surface area contributed by atoms with Crippen LogP contribution in [-0.4, -0.2) is 0 Å². The lowest BCUT2D eigenvalue weighted by Gasteiger charge is -2.13. The average Bonchev–Trinajstić information content (AvgIpc) is 2.98. The Bertz CT molecular complexity index is 2270. The molecule has 0 aromatic heterocycles. The molecule has 0 saturated carbocycles. The molecule has 0 radical (unpaired) electrons. The largest absolute Gasteiger partial charge is 0.0616 e. The van der Waals surface area contributed by atoms with Crippen LogP contribution in [0.1, 0.15) is 0 Å². The Morgan fingerprint density at radius 3 is 0.789 bits per heavy atom. The minimum atomic E-state index is 1.29. The van der Waals surface area contributed by atoms with Crippen LogP contribution >= 0.6 is 0 Å². The number of rotatable bonds is 0. The summed E-state index contributed by atoms with van der Waals surface area (Å²) < 4.78 is 0. The first-order valence-corrected chi connectivity index (χ1v) is 13.3. The third-order valence-corrected chi connectivity index (χ3v) is 8.56. The maximum Gasteiger partial charge on any atom is -0.00987 e. The molecule has 0 heterocycles. The summed E-state index contributed by atoms with van der Waals surface area (Å²) in [4.78, 5) is 0. The van der Waals surface area contributed by atoms with Gasteiger partial charge in [-0.2, -0.15) is 0 Å². The van der Waals surface area contributed by atoms with Crippen molar-refractivity contribution in [2.24, 2.45) is 0 Å². The highest BCUT2D eigenvalue weighted by molar-refractivity contribution is 6.27. The van der Waals surface area contributed by atoms with Gasteiger partial charge in [-0.25, -0.2) is 0 Å². The average molecular weight is 479 g/mol. The van der Waals surface area contributed by atoms with Crippen molar-refractivity contribution < 1.29 is 0 Å². The van der Waals surface area contributed by atoms with Crippen LogP contribution in [0.25, 0.3) is 86.2 Å². The van der Waals surface area contributed by atoms with E-state index < -0.39 is 0 Å². The second-order valence-corrected chi connectivity index (χ2v) is 10.5. The van der Waals surface area contributed by atoms with Crippen molar-refractivity contribution in [1.29, 1.82) is 0 Å². The van der Waals surface area contributed by atoms with Crippen molar-refractivity contribution in [3.8, 4) is 0 Å². The molecule has 0 aliphatic heterocycles. The van der Waals surface area contributed by atoms with Gasteiger partial charge in [0.15, 0.2) is 0 Å².